The summed E-state index contributed by atoms with van der Waals surface area (Å²) in [6, 6.07) is 10.3. The summed E-state index contributed by atoms with van der Waals surface area (Å²) in [4.78, 5) is 14.5. The summed E-state index contributed by atoms with van der Waals surface area (Å²) in [5.74, 6) is 1.07. The number of nitrogens with zero attached hydrogens (tertiary/aromatic N) is 4. The number of rotatable bonds is 6. The van der Waals surface area contributed by atoms with Crippen LogP contribution in [0.15, 0.2) is 46.3 Å². The molecule has 1 saturated heterocycles. The summed E-state index contributed by atoms with van der Waals surface area (Å²) in [6.45, 7) is 7.03. The summed E-state index contributed by atoms with van der Waals surface area (Å²) in [6.07, 6.45) is 5.56. The number of anilines is 2. The molecule has 1 aromatic carbocycles. The molecule has 0 aliphatic carbocycles. The third kappa shape index (κ3) is 4.60. The van der Waals surface area contributed by atoms with Crippen molar-refractivity contribution < 1.29 is 0 Å². The van der Waals surface area contributed by atoms with Gasteiger partial charge in [-0.2, -0.15) is 0 Å². The Balaban J connectivity index is 1.35. The molecular weight excluding hydrogens is 376 g/mol. The lowest BCUT2D eigenvalue weighted by Crippen LogP contribution is -2.44. The SMILES string of the molecule is CN1CCN(CCCCCN2c3cc(Cl)ccc3Sc3cccnc32)CC1. The fourth-order valence-electron chi connectivity index (χ4n) is 3.76. The zero-order chi connectivity index (χ0) is 18.6. The average molecular weight is 403 g/mol. The van der Waals surface area contributed by atoms with Crippen LogP contribution in [0.3, 0.4) is 0 Å². The van der Waals surface area contributed by atoms with Gasteiger partial charge in [0.05, 0.1) is 10.6 Å². The largest absolute Gasteiger partial charge is 0.324 e. The molecule has 0 bridgehead atoms. The molecule has 0 spiro atoms. The molecule has 3 heterocycles. The van der Waals surface area contributed by atoms with E-state index in [1.807, 2.05) is 18.3 Å². The molecule has 0 radical (unpaired) electrons. The first-order chi connectivity index (χ1) is 13.2. The molecule has 2 aliphatic heterocycles. The minimum absolute atomic E-state index is 0.786. The van der Waals surface area contributed by atoms with Crippen molar-refractivity contribution in [3.05, 3.63) is 41.6 Å². The number of aromatic nitrogens is 1. The molecule has 0 saturated carbocycles. The Bertz CT molecular complexity index is 777. The van der Waals surface area contributed by atoms with Gasteiger partial charge in [-0.15, -0.1) is 0 Å². The fourth-order valence-corrected chi connectivity index (χ4v) is 4.98. The number of hydrogen-bond acceptors (Lipinski definition) is 5. The highest BCUT2D eigenvalue weighted by Crippen LogP contribution is 2.47. The van der Waals surface area contributed by atoms with Gasteiger partial charge in [0.15, 0.2) is 0 Å². The van der Waals surface area contributed by atoms with Crippen molar-refractivity contribution in [2.45, 2.75) is 29.1 Å². The van der Waals surface area contributed by atoms with Crippen LogP contribution in [0.25, 0.3) is 0 Å². The quantitative estimate of drug-likeness (QED) is 0.648. The van der Waals surface area contributed by atoms with Crippen molar-refractivity contribution >= 4 is 34.9 Å². The Hall–Kier alpha value is -1.27. The van der Waals surface area contributed by atoms with Crippen molar-refractivity contribution in [1.82, 2.24) is 14.8 Å². The third-order valence-corrected chi connectivity index (χ3v) is 6.73. The number of likely N-dealkylation sites (N-methyl/N-ethyl adjacent to an activating group) is 1. The summed E-state index contributed by atoms with van der Waals surface area (Å²) in [7, 11) is 2.21. The summed E-state index contributed by atoms with van der Waals surface area (Å²) < 4.78 is 0. The molecule has 4 nitrogen and oxygen atoms in total. The molecule has 2 aromatic rings. The number of hydrogen-bond donors (Lipinski definition) is 0. The molecule has 0 amide bonds. The van der Waals surface area contributed by atoms with Gasteiger partial charge in [-0.3, -0.25) is 0 Å². The van der Waals surface area contributed by atoms with Crippen molar-refractivity contribution in [3.8, 4) is 0 Å². The number of unbranched alkanes of at least 4 members (excludes halogenated alkanes) is 2. The van der Waals surface area contributed by atoms with Gasteiger partial charge in [0.25, 0.3) is 0 Å². The van der Waals surface area contributed by atoms with E-state index in [0.29, 0.717) is 0 Å². The van der Waals surface area contributed by atoms with Crippen molar-refractivity contribution in [2.75, 3.05) is 51.2 Å². The Morgan fingerprint density at radius 1 is 1.00 bits per heavy atom. The summed E-state index contributed by atoms with van der Waals surface area (Å²) in [5, 5.41) is 0.786. The molecule has 27 heavy (non-hydrogen) atoms. The van der Waals surface area contributed by atoms with E-state index in [-0.39, 0.29) is 0 Å². The lowest BCUT2D eigenvalue weighted by molar-refractivity contribution is 0.152. The average Bonchev–Trinajstić information content (AvgIpc) is 2.69. The second-order valence-electron chi connectivity index (χ2n) is 7.40. The normalized spacial score (nSPS) is 17.6. The van der Waals surface area contributed by atoms with Crippen molar-refractivity contribution in [3.63, 3.8) is 0 Å². The van der Waals surface area contributed by atoms with Gasteiger partial charge >= 0.3 is 0 Å². The molecule has 1 aromatic heterocycles. The summed E-state index contributed by atoms with van der Waals surface area (Å²) in [5.41, 5.74) is 1.19. The first-order valence-corrected chi connectivity index (χ1v) is 11.0. The Kier molecular flexibility index (Phi) is 6.23. The van der Waals surface area contributed by atoms with Crippen LogP contribution in [-0.2, 0) is 0 Å². The zero-order valence-corrected chi connectivity index (χ0v) is 17.5. The van der Waals surface area contributed by atoms with E-state index >= 15 is 0 Å². The topological polar surface area (TPSA) is 22.6 Å². The molecule has 144 valence electrons. The maximum absolute atomic E-state index is 6.28. The van der Waals surface area contributed by atoms with Crippen LogP contribution in [0.1, 0.15) is 19.3 Å². The lowest BCUT2D eigenvalue weighted by atomic mass is 10.2. The van der Waals surface area contributed by atoms with Crippen LogP contribution in [0.4, 0.5) is 11.5 Å². The highest BCUT2D eigenvalue weighted by atomic mass is 35.5. The lowest BCUT2D eigenvalue weighted by Gasteiger charge is -2.33. The van der Waals surface area contributed by atoms with Gasteiger partial charge in [-0.25, -0.2) is 4.98 Å². The predicted octanol–water partition coefficient (Wildman–Crippen LogP) is 4.76. The first kappa shape index (κ1) is 19.1. The van der Waals surface area contributed by atoms with E-state index < -0.39 is 0 Å². The van der Waals surface area contributed by atoms with Gasteiger partial charge in [0, 0.05) is 48.8 Å². The van der Waals surface area contributed by atoms with E-state index in [0.717, 1.165) is 17.4 Å². The number of fused-ring (bicyclic) bond motifs is 2. The molecule has 4 rings (SSSR count). The molecule has 0 N–H and O–H groups in total. The minimum Gasteiger partial charge on any atom is -0.324 e. The van der Waals surface area contributed by atoms with Crippen molar-refractivity contribution in [1.29, 1.82) is 0 Å². The standard InChI is InChI=1S/C21H27ClN4S/c1-24-12-14-25(15-13-24)10-3-2-4-11-26-18-16-17(22)7-8-19(18)27-20-6-5-9-23-21(20)26/h5-9,16H,2-4,10-15H2,1H3. The Morgan fingerprint density at radius 2 is 1.81 bits per heavy atom. The number of pyridine rings is 1. The molecular formula is C21H27ClN4S. The second kappa shape index (κ2) is 8.82. The molecule has 0 atom stereocenters. The predicted molar refractivity (Wildman–Crippen MR) is 115 cm³/mol. The van der Waals surface area contributed by atoms with Crippen molar-refractivity contribution in [2.24, 2.45) is 0 Å². The first-order valence-electron chi connectivity index (χ1n) is 9.81. The van der Waals surface area contributed by atoms with Crippen LogP contribution in [-0.4, -0.2) is 61.1 Å². The highest BCUT2D eigenvalue weighted by molar-refractivity contribution is 7.99. The molecule has 1 fully saturated rings. The maximum atomic E-state index is 6.28. The van der Waals surface area contributed by atoms with Gasteiger partial charge < -0.3 is 14.7 Å². The zero-order valence-electron chi connectivity index (χ0n) is 15.9. The van der Waals surface area contributed by atoms with Crippen LogP contribution in [0.2, 0.25) is 5.02 Å². The van der Waals surface area contributed by atoms with Gasteiger partial charge in [0.2, 0.25) is 0 Å². The number of piperazine rings is 1. The Labute approximate surface area is 171 Å². The van der Waals surface area contributed by atoms with Crippen LogP contribution in [0.5, 0.6) is 0 Å². The van der Waals surface area contributed by atoms with Gasteiger partial charge in [-0.05, 0) is 56.8 Å². The van der Waals surface area contributed by atoms with E-state index in [2.05, 4.69) is 44.9 Å². The molecule has 0 unspecified atom stereocenters. The highest BCUT2D eigenvalue weighted by Gasteiger charge is 2.24. The van der Waals surface area contributed by atoms with Gasteiger partial charge in [-0.1, -0.05) is 29.8 Å². The minimum atomic E-state index is 0.786. The Morgan fingerprint density at radius 3 is 2.67 bits per heavy atom. The van der Waals surface area contributed by atoms with Crippen LogP contribution in [0, 0.1) is 0 Å². The number of benzene rings is 1. The number of halogens is 1. The molecule has 6 heteroatoms. The monoisotopic (exact) mass is 402 g/mol. The van der Waals surface area contributed by atoms with E-state index in [9.17, 15) is 0 Å². The fraction of sp³-hybridized carbons (Fsp3) is 0.476. The van der Waals surface area contributed by atoms with Crippen LogP contribution >= 0.6 is 23.4 Å². The van der Waals surface area contributed by atoms with Crippen LogP contribution < -0.4 is 4.90 Å². The maximum Gasteiger partial charge on any atom is 0.147 e. The van der Waals surface area contributed by atoms with E-state index in [4.69, 9.17) is 11.6 Å². The van der Waals surface area contributed by atoms with Gasteiger partial charge in [0.1, 0.15) is 5.82 Å². The summed E-state index contributed by atoms with van der Waals surface area (Å²) >= 11 is 8.07. The smallest absolute Gasteiger partial charge is 0.147 e. The third-order valence-electron chi connectivity index (χ3n) is 5.39. The molecule has 2 aliphatic rings. The van der Waals surface area contributed by atoms with E-state index in [1.165, 1.54) is 67.5 Å². The second-order valence-corrected chi connectivity index (χ2v) is 8.92. The van der Waals surface area contributed by atoms with E-state index in [1.54, 1.807) is 11.8 Å².